The maximum atomic E-state index is 13.6. The Morgan fingerprint density at radius 2 is 1.58 bits per heavy atom. The summed E-state index contributed by atoms with van der Waals surface area (Å²) in [5, 5.41) is 0. The van der Waals surface area contributed by atoms with Crippen molar-refractivity contribution in [3.05, 3.63) is 59.9 Å². The topological polar surface area (TPSA) is 104 Å². The van der Waals surface area contributed by atoms with Crippen LogP contribution in [0.4, 0.5) is 10.1 Å². The molecular weight excluding hydrogens is 361 g/mol. The number of para-hydroxylation sites is 1. The van der Waals surface area contributed by atoms with E-state index in [2.05, 4.69) is 15.6 Å². The highest BCUT2D eigenvalue weighted by Crippen LogP contribution is 2.19. The van der Waals surface area contributed by atoms with Crippen LogP contribution in [0.1, 0.15) is 24.2 Å². The van der Waals surface area contributed by atoms with Crippen molar-refractivity contribution in [3.8, 4) is 0 Å². The monoisotopic (exact) mass is 379 g/mol. The molecule has 0 atom stereocenters. The number of carbonyl (C=O) groups is 2. The van der Waals surface area contributed by atoms with Crippen LogP contribution in [0.5, 0.6) is 0 Å². The summed E-state index contributed by atoms with van der Waals surface area (Å²) >= 11 is 0. The van der Waals surface area contributed by atoms with E-state index in [9.17, 15) is 22.4 Å². The van der Waals surface area contributed by atoms with E-state index in [-0.39, 0.29) is 28.0 Å². The number of hydrogen-bond acceptors (Lipinski definition) is 4. The number of carbonyl (C=O) groups excluding carboxylic acids is 2. The maximum Gasteiger partial charge on any atom is 0.269 e. The van der Waals surface area contributed by atoms with E-state index in [0.29, 0.717) is 0 Å². The Balaban J connectivity index is 2.09. The SMILES string of the molecule is CC(C)C(=O)NNC(=O)c1ccc(S(=O)(=O)Nc2ccccc2F)cc1. The molecule has 0 saturated heterocycles. The van der Waals surface area contributed by atoms with Crippen LogP contribution >= 0.6 is 0 Å². The van der Waals surface area contributed by atoms with Crippen molar-refractivity contribution in [1.29, 1.82) is 0 Å². The molecule has 3 N–H and O–H groups in total. The lowest BCUT2D eigenvalue weighted by Gasteiger charge is -2.11. The summed E-state index contributed by atoms with van der Waals surface area (Å²) in [6, 6.07) is 10.4. The van der Waals surface area contributed by atoms with Gasteiger partial charge in [0.2, 0.25) is 5.91 Å². The molecule has 0 radical (unpaired) electrons. The normalized spacial score (nSPS) is 11.1. The summed E-state index contributed by atoms with van der Waals surface area (Å²) in [6.45, 7) is 3.34. The van der Waals surface area contributed by atoms with Crippen LogP contribution in [0.2, 0.25) is 0 Å². The van der Waals surface area contributed by atoms with Gasteiger partial charge in [0.1, 0.15) is 5.82 Å². The van der Waals surface area contributed by atoms with Crippen LogP contribution in [-0.2, 0) is 14.8 Å². The number of benzene rings is 2. The van der Waals surface area contributed by atoms with E-state index >= 15 is 0 Å². The first-order valence-corrected chi connectivity index (χ1v) is 9.16. The molecule has 0 saturated carbocycles. The number of rotatable bonds is 5. The van der Waals surface area contributed by atoms with Gasteiger partial charge in [-0.25, -0.2) is 12.8 Å². The van der Waals surface area contributed by atoms with Crippen LogP contribution in [0, 0.1) is 11.7 Å². The zero-order chi connectivity index (χ0) is 19.3. The molecule has 0 spiro atoms. The van der Waals surface area contributed by atoms with E-state index in [0.717, 1.165) is 6.07 Å². The molecule has 2 aromatic carbocycles. The van der Waals surface area contributed by atoms with E-state index in [4.69, 9.17) is 0 Å². The van der Waals surface area contributed by atoms with E-state index in [1.165, 1.54) is 42.5 Å². The highest BCUT2D eigenvalue weighted by Gasteiger charge is 2.17. The van der Waals surface area contributed by atoms with Crippen molar-refractivity contribution < 1.29 is 22.4 Å². The number of amides is 2. The van der Waals surface area contributed by atoms with Crippen molar-refractivity contribution >= 4 is 27.5 Å². The number of hydrazine groups is 1. The molecule has 2 rings (SSSR count). The summed E-state index contributed by atoms with van der Waals surface area (Å²) in [7, 11) is -4.01. The predicted octanol–water partition coefficient (Wildman–Crippen LogP) is 2.04. The van der Waals surface area contributed by atoms with Gasteiger partial charge in [-0.2, -0.15) is 0 Å². The molecule has 0 aromatic heterocycles. The first-order valence-electron chi connectivity index (χ1n) is 7.68. The lowest BCUT2D eigenvalue weighted by Crippen LogP contribution is -2.43. The Morgan fingerprint density at radius 3 is 2.15 bits per heavy atom. The van der Waals surface area contributed by atoms with Crippen molar-refractivity contribution in [1.82, 2.24) is 10.9 Å². The minimum atomic E-state index is -4.01. The molecule has 0 aliphatic carbocycles. The second kappa shape index (κ2) is 7.96. The third kappa shape index (κ3) is 4.79. The van der Waals surface area contributed by atoms with Crippen LogP contribution in [-0.4, -0.2) is 20.2 Å². The van der Waals surface area contributed by atoms with Crippen molar-refractivity contribution in [3.63, 3.8) is 0 Å². The molecule has 0 bridgehead atoms. The van der Waals surface area contributed by atoms with Crippen molar-refractivity contribution in [2.75, 3.05) is 4.72 Å². The summed E-state index contributed by atoms with van der Waals surface area (Å²) in [6.07, 6.45) is 0. The Morgan fingerprint density at radius 1 is 0.962 bits per heavy atom. The third-order valence-corrected chi connectivity index (χ3v) is 4.75. The zero-order valence-corrected chi connectivity index (χ0v) is 14.9. The molecule has 2 amide bonds. The number of sulfonamides is 1. The first-order chi connectivity index (χ1) is 12.2. The van der Waals surface area contributed by atoms with Gasteiger partial charge in [-0.15, -0.1) is 0 Å². The van der Waals surface area contributed by atoms with Gasteiger partial charge >= 0.3 is 0 Å². The fourth-order valence-corrected chi connectivity index (χ4v) is 2.94. The zero-order valence-electron chi connectivity index (χ0n) is 14.1. The number of halogens is 1. The quantitative estimate of drug-likeness (QED) is 0.692. The predicted molar refractivity (Wildman–Crippen MR) is 94.1 cm³/mol. The fourth-order valence-electron chi connectivity index (χ4n) is 1.87. The highest BCUT2D eigenvalue weighted by molar-refractivity contribution is 7.92. The molecule has 26 heavy (non-hydrogen) atoms. The van der Waals surface area contributed by atoms with Gasteiger partial charge in [-0.1, -0.05) is 26.0 Å². The minimum absolute atomic E-state index is 0.136. The average Bonchev–Trinajstić information content (AvgIpc) is 2.61. The Labute approximate surface area is 150 Å². The largest absolute Gasteiger partial charge is 0.277 e. The molecule has 2 aromatic rings. The first kappa shape index (κ1) is 19.4. The average molecular weight is 379 g/mol. The van der Waals surface area contributed by atoms with Gasteiger partial charge in [-0.3, -0.25) is 25.2 Å². The summed E-state index contributed by atoms with van der Waals surface area (Å²) in [4.78, 5) is 23.2. The fraction of sp³-hybridized carbons (Fsp3) is 0.176. The molecule has 0 aliphatic rings. The number of hydrogen-bond donors (Lipinski definition) is 3. The van der Waals surface area contributed by atoms with Crippen molar-refractivity contribution in [2.24, 2.45) is 5.92 Å². The van der Waals surface area contributed by atoms with Crippen LogP contribution < -0.4 is 15.6 Å². The van der Waals surface area contributed by atoms with Crippen LogP contribution in [0.3, 0.4) is 0 Å². The molecule has 0 heterocycles. The smallest absolute Gasteiger partial charge is 0.269 e. The van der Waals surface area contributed by atoms with Gasteiger partial charge in [0.25, 0.3) is 15.9 Å². The highest BCUT2D eigenvalue weighted by atomic mass is 32.2. The second-order valence-electron chi connectivity index (χ2n) is 5.71. The van der Waals surface area contributed by atoms with Gasteiger partial charge in [0.05, 0.1) is 10.6 Å². The van der Waals surface area contributed by atoms with E-state index < -0.39 is 21.7 Å². The molecule has 7 nitrogen and oxygen atoms in total. The third-order valence-electron chi connectivity index (χ3n) is 3.37. The maximum absolute atomic E-state index is 13.6. The second-order valence-corrected chi connectivity index (χ2v) is 7.39. The van der Waals surface area contributed by atoms with Gasteiger partial charge in [0.15, 0.2) is 0 Å². The number of anilines is 1. The van der Waals surface area contributed by atoms with Crippen LogP contribution in [0.15, 0.2) is 53.4 Å². The minimum Gasteiger partial charge on any atom is -0.277 e. The molecule has 0 unspecified atom stereocenters. The van der Waals surface area contributed by atoms with E-state index in [1.807, 2.05) is 0 Å². The number of nitrogens with one attached hydrogen (secondary N) is 3. The molecule has 9 heteroatoms. The Kier molecular flexibility index (Phi) is 5.93. The van der Waals surface area contributed by atoms with Crippen LogP contribution in [0.25, 0.3) is 0 Å². The molecule has 0 aliphatic heterocycles. The van der Waals surface area contributed by atoms with E-state index in [1.54, 1.807) is 13.8 Å². The van der Waals surface area contributed by atoms with Crippen molar-refractivity contribution in [2.45, 2.75) is 18.7 Å². The standard InChI is InChI=1S/C17H18FN3O4S/c1-11(2)16(22)19-20-17(23)12-7-9-13(10-8-12)26(24,25)21-15-6-4-3-5-14(15)18/h3-11,21H,1-2H3,(H,19,22)(H,20,23). The van der Waals surface area contributed by atoms with Gasteiger partial charge in [0, 0.05) is 11.5 Å². The summed E-state index contributed by atoms with van der Waals surface area (Å²) in [5.74, 6) is -1.95. The summed E-state index contributed by atoms with van der Waals surface area (Å²) in [5.41, 5.74) is 4.46. The lowest BCUT2D eigenvalue weighted by atomic mass is 10.2. The molecular formula is C17H18FN3O4S. The van der Waals surface area contributed by atoms with Gasteiger partial charge in [-0.05, 0) is 36.4 Å². The van der Waals surface area contributed by atoms with Gasteiger partial charge < -0.3 is 0 Å². The lowest BCUT2D eigenvalue weighted by molar-refractivity contribution is -0.124. The summed E-state index contributed by atoms with van der Waals surface area (Å²) < 4.78 is 40.3. The molecule has 0 fully saturated rings. The molecule has 138 valence electrons. The Bertz CT molecular complexity index is 912. The Hall–Kier alpha value is -2.94.